The molecule has 0 aliphatic carbocycles. The van der Waals surface area contributed by atoms with Gasteiger partial charge in [-0.25, -0.2) is 4.79 Å². The SMILES string of the molecule is Cc1ccccc1CCNC(=O)[C@@H]1CC[C@H](C(=O)O)O1. The normalized spacial score (nSPS) is 21.6. The van der Waals surface area contributed by atoms with Crippen LogP contribution >= 0.6 is 0 Å². The molecule has 2 atom stereocenters. The Morgan fingerprint density at radius 1 is 1.30 bits per heavy atom. The molecule has 1 aliphatic heterocycles. The van der Waals surface area contributed by atoms with Gasteiger partial charge >= 0.3 is 5.97 Å². The number of aliphatic carboxylic acids is 1. The predicted molar refractivity (Wildman–Crippen MR) is 73.4 cm³/mol. The van der Waals surface area contributed by atoms with Crippen molar-refractivity contribution < 1.29 is 19.4 Å². The van der Waals surface area contributed by atoms with Gasteiger partial charge in [0.15, 0.2) is 6.10 Å². The second-order valence-electron chi connectivity index (χ2n) is 5.00. The summed E-state index contributed by atoms with van der Waals surface area (Å²) in [5, 5.41) is 11.6. The Labute approximate surface area is 117 Å². The molecule has 108 valence electrons. The maximum Gasteiger partial charge on any atom is 0.332 e. The number of nitrogens with one attached hydrogen (secondary N) is 1. The Bertz CT molecular complexity index is 500. The highest BCUT2D eigenvalue weighted by Gasteiger charge is 2.34. The van der Waals surface area contributed by atoms with Crippen LogP contribution in [0.3, 0.4) is 0 Å². The van der Waals surface area contributed by atoms with E-state index in [2.05, 4.69) is 5.32 Å². The Morgan fingerprint density at radius 2 is 2.00 bits per heavy atom. The van der Waals surface area contributed by atoms with E-state index in [9.17, 15) is 9.59 Å². The standard InChI is InChI=1S/C15H19NO4/c1-10-4-2-3-5-11(10)8-9-16-14(17)12-6-7-13(20-12)15(18)19/h2-5,12-13H,6-9H2,1H3,(H,16,17)(H,18,19)/t12-,13+/m0/s1. The lowest BCUT2D eigenvalue weighted by Gasteiger charge is -2.12. The topological polar surface area (TPSA) is 75.6 Å². The molecule has 0 spiro atoms. The number of ether oxygens (including phenoxy) is 1. The number of carbonyl (C=O) groups is 2. The van der Waals surface area contributed by atoms with Crippen molar-refractivity contribution in [2.45, 2.75) is 38.4 Å². The van der Waals surface area contributed by atoms with Gasteiger partial charge in [0.25, 0.3) is 0 Å². The second kappa shape index (κ2) is 6.52. The summed E-state index contributed by atoms with van der Waals surface area (Å²) in [6.07, 6.45) is 0.140. The number of rotatable bonds is 5. The third-order valence-electron chi connectivity index (χ3n) is 3.54. The van der Waals surface area contributed by atoms with Crippen LogP contribution in [0.2, 0.25) is 0 Å². The third-order valence-corrected chi connectivity index (χ3v) is 3.54. The summed E-state index contributed by atoms with van der Waals surface area (Å²) in [6.45, 7) is 2.57. The van der Waals surface area contributed by atoms with E-state index in [0.717, 1.165) is 6.42 Å². The molecule has 1 aromatic rings. The first kappa shape index (κ1) is 14.5. The zero-order valence-corrected chi connectivity index (χ0v) is 11.5. The first-order valence-electron chi connectivity index (χ1n) is 6.78. The number of aryl methyl sites for hydroxylation is 1. The Morgan fingerprint density at radius 3 is 2.65 bits per heavy atom. The van der Waals surface area contributed by atoms with Crippen molar-refractivity contribution in [1.29, 1.82) is 0 Å². The smallest absolute Gasteiger partial charge is 0.332 e. The highest BCUT2D eigenvalue weighted by molar-refractivity contribution is 5.82. The van der Waals surface area contributed by atoms with Crippen LogP contribution in [-0.4, -0.2) is 35.7 Å². The fourth-order valence-electron chi connectivity index (χ4n) is 2.34. The van der Waals surface area contributed by atoms with Crippen LogP contribution in [0.1, 0.15) is 24.0 Å². The summed E-state index contributed by atoms with van der Waals surface area (Å²) in [7, 11) is 0. The van der Waals surface area contributed by atoms with Crippen molar-refractivity contribution in [3.63, 3.8) is 0 Å². The first-order chi connectivity index (χ1) is 9.58. The molecule has 0 radical (unpaired) electrons. The van der Waals surface area contributed by atoms with Crippen LogP contribution in [0, 0.1) is 6.92 Å². The molecule has 0 bridgehead atoms. The minimum absolute atomic E-state index is 0.220. The van der Waals surface area contributed by atoms with Crippen molar-refractivity contribution in [1.82, 2.24) is 5.32 Å². The van der Waals surface area contributed by atoms with Crippen LogP contribution in [0.25, 0.3) is 0 Å². The van der Waals surface area contributed by atoms with Crippen LogP contribution in [0.4, 0.5) is 0 Å². The van der Waals surface area contributed by atoms with E-state index in [1.807, 2.05) is 31.2 Å². The number of carbonyl (C=O) groups excluding carboxylic acids is 1. The molecule has 2 N–H and O–H groups in total. The monoisotopic (exact) mass is 277 g/mol. The molecule has 1 heterocycles. The molecule has 5 nitrogen and oxygen atoms in total. The minimum Gasteiger partial charge on any atom is -0.479 e. The molecule has 1 aliphatic rings. The van der Waals surface area contributed by atoms with E-state index in [1.165, 1.54) is 11.1 Å². The average molecular weight is 277 g/mol. The van der Waals surface area contributed by atoms with Crippen molar-refractivity contribution in [3.05, 3.63) is 35.4 Å². The van der Waals surface area contributed by atoms with Gasteiger partial charge in [0.2, 0.25) is 5.91 Å². The Hall–Kier alpha value is -1.88. The zero-order valence-electron chi connectivity index (χ0n) is 11.5. The van der Waals surface area contributed by atoms with Crippen LogP contribution in [-0.2, 0) is 20.7 Å². The van der Waals surface area contributed by atoms with Gasteiger partial charge in [0.05, 0.1) is 0 Å². The molecule has 2 rings (SSSR count). The summed E-state index contributed by atoms with van der Waals surface area (Å²) in [4.78, 5) is 22.6. The van der Waals surface area contributed by atoms with Gasteiger partial charge < -0.3 is 15.2 Å². The van der Waals surface area contributed by atoms with E-state index in [-0.39, 0.29) is 5.91 Å². The molecule has 0 unspecified atom stereocenters. The summed E-state index contributed by atoms with van der Waals surface area (Å²) in [5.74, 6) is -1.22. The van der Waals surface area contributed by atoms with Crippen molar-refractivity contribution in [3.8, 4) is 0 Å². The number of amides is 1. The van der Waals surface area contributed by atoms with Gasteiger partial charge in [-0.15, -0.1) is 0 Å². The predicted octanol–water partition coefficient (Wildman–Crippen LogP) is 1.29. The maximum atomic E-state index is 11.9. The Kier molecular flexibility index (Phi) is 4.74. The summed E-state index contributed by atoms with van der Waals surface area (Å²) < 4.78 is 5.20. The first-order valence-corrected chi connectivity index (χ1v) is 6.78. The van der Waals surface area contributed by atoms with Gasteiger partial charge in [-0.1, -0.05) is 24.3 Å². The van der Waals surface area contributed by atoms with E-state index in [1.54, 1.807) is 0 Å². The molecule has 1 amide bonds. The summed E-state index contributed by atoms with van der Waals surface area (Å²) in [5.41, 5.74) is 2.40. The van der Waals surface area contributed by atoms with Crippen molar-refractivity contribution >= 4 is 11.9 Å². The number of carboxylic acid groups (broad SMARTS) is 1. The van der Waals surface area contributed by atoms with Gasteiger partial charge in [-0.2, -0.15) is 0 Å². The maximum absolute atomic E-state index is 11.9. The molecule has 1 saturated heterocycles. The highest BCUT2D eigenvalue weighted by atomic mass is 16.5. The molecule has 20 heavy (non-hydrogen) atoms. The van der Waals surface area contributed by atoms with E-state index in [4.69, 9.17) is 9.84 Å². The van der Waals surface area contributed by atoms with Gasteiger partial charge in [-0.3, -0.25) is 4.79 Å². The van der Waals surface area contributed by atoms with Gasteiger partial charge in [-0.05, 0) is 37.3 Å². The van der Waals surface area contributed by atoms with Crippen LogP contribution < -0.4 is 5.32 Å². The molecule has 1 fully saturated rings. The number of carboxylic acids is 1. The fraction of sp³-hybridized carbons (Fsp3) is 0.467. The molecule has 0 aromatic heterocycles. The van der Waals surface area contributed by atoms with E-state index >= 15 is 0 Å². The number of benzene rings is 1. The molecular weight excluding hydrogens is 258 g/mol. The quantitative estimate of drug-likeness (QED) is 0.850. The van der Waals surface area contributed by atoms with Crippen molar-refractivity contribution in [2.75, 3.05) is 6.54 Å². The van der Waals surface area contributed by atoms with E-state index in [0.29, 0.717) is 19.4 Å². The largest absolute Gasteiger partial charge is 0.479 e. The minimum atomic E-state index is -1.000. The van der Waals surface area contributed by atoms with E-state index < -0.39 is 18.2 Å². The lowest BCUT2D eigenvalue weighted by Crippen LogP contribution is -2.36. The lowest BCUT2D eigenvalue weighted by atomic mass is 10.1. The summed E-state index contributed by atoms with van der Waals surface area (Å²) in [6, 6.07) is 8.03. The average Bonchev–Trinajstić information content (AvgIpc) is 2.91. The summed E-state index contributed by atoms with van der Waals surface area (Å²) >= 11 is 0. The fourth-order valence-corrected chi connectivity index (χ4v) is 2.34. The third kappa shape index (κ3) is 3.57. The number of hydrogen-bond donors (Lipinski definition) is 2. The van der Waals surface area contributed by atoms with Crippen molar-refractivity contribution in [2.24, 2.45) is 0 Å². The van der Waals surface area contributed by atoms with Gasteiger partial charge in [0, 0.05) is 6.54 Å². The van der Waals surface area contributed by atoms with Crippen LogP contribution in [0.5, 0.6) is 0 Å². The number of hydrogen-bond acceptors (Lipinski definition) is 3. The zero-order chi connectivity index (χ0) is 14.5. The van der Waals surface area contributed by atoms with Gasteiger partial charge in [0.1, 0.15) is 6.10 Å². The highest BCUT2D eigenvalue weighted by Crippen LogP contribution is 2.19. The van der Waals surface area contributed by atoms with Crippen LogP contribution in [0.15, 0.2) is 24.3 Å². The molecular formula is C15H19NO4. The molecule has 0 saturated carbocycles. The molecule has 5 heteroatoms. The second-order valence-corrected chi connectivity index (χ2v) is 5.00. The molecule has 1 aromatic carbocycles. The Balaban J connectivity index is 1.76. The lowest BCUT2D eigenvalue weighted by molar-refractivity contribution is -0.151.